The summed E-state index contributed by atoms with van der Waals surface area (Å²) in [4.78, 5) is 14.1. The van der Waals surface area contributed by atoms with Gasteiger partial charge in [0.2, 0.25) is 5.82 Å². The molecule has 158 valence electrons. The van der Waals surface area contributed by atoms with Crippen LogP contribution in [0.4, 0.5) is 0 Å². The summed E-state index contributed by atoms with van der Waals surface area (Å²) in [6.45, 7) is 3.81. The van der Waals surface area contributed by atoms with Gasteiger partial charge < -0.3 is 4.74 Å². The van der Waals surface area contributed by atoms with E-state index < -0.39 is 6.10 Å². The summed E-state index contributed by atoms with van der Waals surface area (Å²) in [7, 11) is 0. The van der Waals surface area contributed by atoms with E-state index in [9.17, 15) is 4.79 Å². The molecule has 0 bridgehead atoms. The summed E-state index contributed by atoms with van der Waals surface area (Å²) >= 11 is 6.03. The number of hydrogen-bond donors (Lipinski definition) is 0. The van der Waals surface area contributed by atoms with E-state index in [1.807, 2.05) is 62.4 Å². The van der Waals surface area contributed by atoms with Crippen LogP contribution in [0, 0.1) is 13.8 Å². The molecule has 4 rings (SSSR count). The van der Waals surface area contributed by atoms with Gasteiger partial charge in [-0.15, -0.1) is 10.2 Å². The fraction of sp³-hybridized carbons (Fsp3) is 0.227. The summed E-state index contributed by atoms with van der Waals surface area (Å²) in [6, 6.07) is 18.7. The average Bonchev–Trinajstić information content (AvgIpc) is 3.38. The van der Waals surface area contributed by atoms with Crippen molar-refractivity contribution in [3.63, 3.8) is 0 Å². The molecule has 0 aliphatic rings. The maximum absolute atomic E-state index is 12.6. The molecule has 31 heavy (non-hydrogen) atoms. The van der Waals surface area contributed by atoms with Gasteiger partial charge in [0.05, 0.1) is 12.2 Å². The van der Waals surface area contributed by atoms with Gasteiger partial charge in [0.1, 0.15) is 12.7 Å². The smallest absolute Gasteiger partial charge is 0.273 e. The Morgan fingerprint density at radius 2 is 1.81 bits per heavy atom. The van der Waals surface area contributed by atoms with Crippen molar-refractivity contribution in [1.29, 1.82) is 0 Å². The predicted octanol–water partition coefficient (Wildman–Crippen LogP) is 3.91. The third-order valence-electron chi connectivity index (χ3n) is 4.71. The van der Waals surface area contributed by atoms with Crippen molar-refractivity contribution < 1.29 is 9.53 Å². The molecule has 8 nitrogen and oxygen atoms in total. The first-order chi connectivity index (χ1) is 15.0. The molecule has 1 atom stereocenters. The molecule has 0 fully saturated rings. The first kappa shape index (κ1) is 20.9. The molecule has 9 heteroatoms. The molecule has 0 aliphatic carbocycles. The Kier molecular flexibility index (Phi) is 6.20. The minimum atomic E-state index is -0.476. The van der Waals surface area contributed by atoms with E-state index in [0.717, 1.165) is 22.5 Å². The highest BCUT2D eigenvalue weighted by atomic mass is 35.5. The van der Waals surface area contributed by atoms with Gasteiger partial charge >= 0.3 is 0 Å². The summed E-state index contributed by atoms with van der Waals surface area (Å²) in [6.07, 6.45) is -0.476. The number of ether oxygens (including phenoxy) is 1. The second kappa shape index (κ2) is 9.20. The summed E-state index contributed by atoms with van der Waals surface area (Å²) < 4.78 is 7.34. The number of halogens is 1. The van der Waals surface area contributed by atoms with Crippen LogP contribution in [0.15, 0.2) is 60.7 Å². The van der Waals surface area contributed by atoms with Gasteiger partial charge in [-0.25, -0.2) is 4.68 Å². The molecule has 0 saturated carbocycles. The highest BCUT2D eigenvalue weighted by Gasteiger charge is 2.19. The monoisotopic (exact) mass is 436 g/mol. The lowest BCUT2D eigenvalue weighted by atomic mass is 10.1. The van der Waals surface area contributed by atoms with Crippen LogP contribution >= 0.6 is 11.6 Å². The lowest BCUT2D eigenvalue weighted by Gasteiger charge is -2.17. The molecule has 2 heterocycles. The van der Waals surface area contributed by atoms with Gasteiger partial charge in [0.15, 0.2) is 0 Å². The topological polar surface area (TPSA) is 87.7 Å². The van der Waals surface area contributed by atoms with Crippen molar-refractivity contribution in [2.45, 2.75) is 26.5 Å². The molecule has 0 spiro atoms. The lowest BCUT2D eigenvalue weighted by Crippen LogP contribution is -2.23. The molecule has 1 unspecified atom stereocenters. The lowest BCUT2D eigenvalue weighted by molar-refractivity contribution is 0.0267. The van der Waals surface area contributed by atoms with Crippen molar-refractivity contribution in [1.82, 2.24) is 30.0 Å². The zero-order valence-electron chi connectivity index (χ0n) is 17.1. The van der Waals surface area contributed by atoms with E-state index in [-0.39, 0.29) is 19.1 Å². The van der Waals surface area contributed by atoms with Crippen LogP contribution in [-0.4, -0.2) is 42.5 Å². The van der Waals surface area contributed by atoms with Gasteiger partial charge in [0.25, 0.3) is 5.91 Å². The third-order valence-corrected chi connectivity index (χ3v) is 4.96. The quantitative estimate of drug-likeness (QED) is 0.436. The Morgan fingerprint density at radius 1 is 1.06 bits per heavy atom. The second-order valence-electron chi connectivity index (χ2n) is 7.12. The van der Waals surface area contributed by atoms with E-state index >= 15 is 0 Å². The Bertz CT molecular complexity index is 1170. The van der Waals surface area contributed by atoms with Crippen LogP contribution in [-0.2, 0) is 11.3 Å². The van der Waals surface area contributed by atoms with Crippen LogP contribution in [0.5, 0.6) is 0 Å². The standard InChI is InChI=1S/C22H21ClN6O2/c1-15-12-16(2)29(25-15)21(30)14-31-20(17-8-10-19(23)11-9-17)13-28-26-22(24-27-28)18-6-4-3-5-7-18/h3-12,20H,13-14H2,1-2H3. The second-order valence-corrected chi connectivity index (χ2v) is 7.55. The van der Waals surface area contributed by atoms with Crippen molar-refractivity contribution in [2.24, 2.45) is 0 Å². The first-order valence-electron chi connectivity index (χ1n) is 9.76. The number of aryl methyl sites for hydroxylation is 2. The van der Waals surface area contributed by atoms with E-state index in [2.05, 4.69) is 20.5 Å². The number of aromatic nitrogens is 6. The summed E-state index contributed by atoms with van der Waals surface area (Å²) in [5.74, 6) is 0.273. The largest absolute Gasteiger partial charge is 0.362 e. The van der Waals surface area contributed by atoms with Crippen LogP contribution in [0.3, 0.4) is 0 Å². The molecule has 4 aromatic rings. The Labute approximate surface area is 184 Å². The van der Waals surface area contributed by atoms with Gasteiger partial charge in [0, 0.05) is 16.3 Å². The van der Waals surface area contributed by atoms with E-state index in [4.69, 9.17) is 16.3 Å². The SMILES string of the molecule is Cc1cc(C)n(C(=O)COC(Cn2nnc(-c3ccccc3)n2)c2ccc(Cl)cc2)n1. The normalized spacial score (nSPS) is 12.1. The first-order valence-corrected chi connectivity index (χ1v) is 10.1. The van der Waals surface area contributed by atoms with Crippen molar-refractivity contribution >= 4 is 17.5 Å². The zero-order chi connectivity index (χ0) is 21.8. The highest BCUT2D eigenvalue weighted by molar-refractivity contribution is 6.30. The fourth-order valence-corrected chi connectivity index (χ4v) is 3.34. The van der Waals surface area contributed by atoms with Crippen LogP contribution in [0.25, 0.3) is 11.4 Å². The van der Waals surface area contributed by atoms with Crippen molar-refractivity contribution in [3.05, 3.63) is 82.6 Å². The number of tetrazole rings is 1. The number of carbonyl (C=O) groups is 1. The van der Waals surface area contributed by atoms with Crippen molar-refractivity contribution in [3.8, 4) is 11.4 Å². The minimum absolute atomic E-state index is 0.143. The fourth-order valence-electron chi connectivity index (χ4n) is 3.22. The zero-order valence-corrected chi connectivity index (χ0v) is 17.9. The van der Waals surface area contributed by atoms with Gasteiger partial charge in [-0.1, -0.05) is 54.1 Å². The average molecular weight is 437 g/mol. The minimum Gasteiger partial charge on any atom is -0.362 e. The van der Waals surface area contributed by atoms with Gasteiger partial charge in [-0.05, 0) is 42.8 Å². The van der Waals surface area contributed by atoms with Crippen LogP contribution in [0.2, 0.25) is 5.02 Å². The molecule has 0 radical (unpaired) electrons. The molecule has 0 aliphatic heterocycles. The number of carbonyl (C=O) groups excluding carboxylic acids is 1. The van der Waals surface area contributed by atoms with E-state index in [1.165, 1.54) is 9.48 Å². The molecule has 0 saturated heterocycles. The van der Waals surface area contributed by atoms with Crippen LogP contribution in [0.1, 0.15) is 27.8 Å². The summed E-state index contributed by atoms with van der Waals surface area (Å²) in [5, 5.41) is 17.6. The van der Waals surface area contributed by atoms with Crippen LogP contribution < -0.4 is 0 Å². The highest BCUT2D eigenvalue weighted by Crippen LogP contribution is 2.22. The van der Waals surface area contributed by atoms with Gasteiger partial charge in [-0.3, -0.25) is 4.79 Å². The molecular weight excluding hydrogens is 416 g/mol. The van der Waals surface area contributed by atoms with E-state index in [1.54, 1.807) is 12.1 Å². The molecule has 0 amide bonds. The number of hydrogen-bond acceptors (Lipinski definition) is 6. The van der Waals surface area contributed by atoms with Crippen molar-refractivity contribution in [2.75, 3.05) is 6.61 Å². The molecule has 2 aromatic heterocycles. The molecular formula is C22H21ClN6O2. The van der Waals surface area contributed by atoms with Gasteiger partial charge in [-0.2, -0.15) is 9.90 Å². The molecule has 2 aromatic carbocycles. The summed E-state index contributed by atoms with van der Waals surface area (Å²) in [5.41, 5.74) is 3.27. The predicted molar refractivity (Wildman–Crippen MR) is 116 cm³/mol. The number of nitrogens with zero attached hydrogens (tertiary/aromatic N) is 6. The number of benzene rings is 2. The Balaban J connectivity index is 1.52. The Morgan fingerprint density at radius 3 is 2.48 bits per heavy atom. The Hall–Kier alpha value is -3.36. The number of rotatable bonds is 7. The maximum atomic E-state index is 12.6. The maximum Gasteiger partial charge on any atom is 0.273 e. The van der Waals surface area contributed by atoms with E-state index in [0.29, 0.717) is 10.8 Å². The molecule has 0 N–H and O–H groups in total. The third kappa shape index (κ3) is 5.04.